The lowest BCUT2D eigenvalue weighted by Gasteiger charge is -2.15. The predicted molar refractivity (Wildman–Crippen MR) is 45.2 cm³/mol. The topological polar surface area (TPSA) is 116 Å². The van der Waals surface area contributed by atoms with E-state index in [2.05, 4.69) is 4.74 Å². The maximum absolute atomic E-state index is 10.8. The van der Waals surface area contributed by atoms with E-state index in [1.54, 1.807) is 6.92 Å². The molecule has 0 spiro atoms. The molecule has 72 valence electrons. The van der Waals surface area contributed by atoms with Gasteiger partial charge in [0.1, 0.15) is 0 Å². The van der Waals surface area contributed by atoms with E-state index in [1.165, 1.54) is 0 Å². The van der Waals surface area contributed by atoms with Crippen LogP contribution in [-0.4, -0.2) is 17.1 Å². The van der Waals surface area contributed by atoms with Gasteiger partial charge in [0.15, 0.2) is 0 Å². The first-order chi connectivity index (χ1) is 5.50. The second-order valence-corrected chi connectivity index (χ2v) is 4.41. The molecule has 0 rings (SSSR count). The Morgan fingerprint density at radius 1 is 1.42 bits per heavy atom. The van der Waals surface area contributed by atoms with E-state index in [1.807, 2.05) is 0 Å². The van der Waals surface area contributed by atoms with Gasteiger partial charge < -0.3 is 4.74 Å². The molecule has 0 aliphatic rings. The summed E-state index contributed by atoms with van der Waals surface area (Å²) in [6, 6.07) is 0. The van der Waals surface area contributed by atoms with Crippen molar-refractivity contribution in [2.75, 3.05) is 6.61 Å². The fourth-order valence-electron chi connectivity index (χ4n) is 0.477. The molecule has 0 aliphatic heterocycles. The van der Waals surface area contributed by atoms with Gasteiger partial charge in [0.2, 0.25) is 16.2 Å². The van der Waals surface area contributed by atoms with Gasteiger partial charge in [0.25, 0.3) is 0 Å². The number of amides is 1. The third-order valence-corrected chi connectivity index (χ3v) is 3.46. The Kier molecular flexibility index (Phi) is 5.17. The summed E-state index contributed by atoms with van der Waals surface area (Å²) >= 11 is 0. The van der Waals surface area contributed by atoms with Crippen LogP contribution in [0.1, 0.15) is 6.92 Å². The number of carbonyl (C=O) groups excluding carboxylic acids is 1. The first-order valence-electron chi connectivity index (χ1n) is 3.06. The van der Waals surface area contributed by atoms with Gasteiger partial charge >= 0.3 is 6.09 Å². The van der Waals surface area contributed by atoms with E-state index >= 15 is 0 Å². The Bertz CT molecular complexity index is 206. The molecule has 2 unspecified atom stereocenters. The molecule has 0 saturated carbocycles. The minimum Gasteiger partial charge on any atom is -0.449 e. The predicted octanol–water partition coefficient (Wildman–Crippen LogP) is 0.142. The van der Waals surface area contributed by atoms with E-state index in [4.69, 9.17) is 11.0 Å². The van der Waals surface area contributed by atoms with Crippen LogP contribution in [0.15, 0.2) is 0 Å². The lowest BCUT2D eigenvalue weighted by atomic mass is 10.9. The number of hydrogen-bond acceptors (Lipinski definition) is 4. The van der Waals surface area contributed by atoms with Gasteiger partial charge in [-0.25, -0.2) is 4.79 Å². The fourth-order valence-corrected chi connectivity index (χ4v) is 1.83. The average Bonchev–Trinajstić information content (AvgIpc) is 1.85. The van der Waals surface area contributed by atoms with Crippen LogP contribution in [0.3, 0.4) is 0 Å². The Morgan fingerprint density at radius 3 is 2.08 bits per heavy atom. The highest BCUT2D eigenvalue weighted by atomic mass is 31.2. The normalized spacial score (nSPS) is 14.9. The summed E-state index contributed by atoms with van der Waals surface area (Å²) in [5.41, 5.74) is 9.77. The molecule has 1 amide bonds. The molecule has 0 saturated heterocycles. The average molecular weight is 215 g/mol. The van der Waals surface area contributed by atoms with Crippen molar-refractivity contribution in [1.29, 1.82) is 0 Å². The molecule has 0 aromatic heterocycles. The number of rotatable bonds is 3. The summed E-state index contributed by atoms with van der Waals surface area (Å²) in [6.45, 7) is 1.64. The summed E-state index contributed by atoms with van der Waals surface area (Å²) in [4.78, 5) is 10.8. The highest BCUT2D eigenvalue weighted by Gasteiger charge is 2.21. The molecule has 7 nitrogen and oxygen atoms in total. The van der Waals surface area contributed by atoms with Crippen LogP contribution in [0, 0.1) is 0 Å². The highest BCUT2D eigenvalue weighted by molar-refractivity contribution is 7.56. The maximum Gasteiger partial charge on any atom is 0.422 e. The molecule has 12 heavy (non-hydrogen) atoms. The lowest BCUT2D eigenvalue weighted by molar-refractivity contribution is 0.145. The standard InChI is InChI=1S/C3H11N3O4P2/c1-2-10-3(7)6(11(4)8)12(5)9/h11-12H,2H2,1H3,(H2,4,8)(H2,5,9). The molecular weight excluding hydrogens is 204 g/mol. The molecular formula is C3H11N3O4P2. The van der Waals surface area contributed by atoms with Crippen LogP contribution < -0.4 is 11.0 Å². The zero-order valence-corrected chi connectivity index (χ0v) is 8.44. The van der Waals surface area contributed by atoms with Gasteiger partial charge in [-0.05, 0) is 6.92 Å². The monoisotopic (exact) mass is 215 g/mol. The van der Waals surface area contributed by atoms with Gasteiger partial charge in [0, 0.05) is 0 Å². The molecule has 0 heterocycles. The third-order valence-electron chi connectivity index (χ3n) is 0.891. The first kappa shape index (κ1) is 11.6. The molecule has 0 aromatic carbocycles. The molecule has 0 radical (unpaired) electrons. The zero-order chi connectivity index (χ0) is 9.72. The summed E-state index contributed by atoms with van der Waals surface area (Å²) in [5.74, 6) is 0. The van der Waals surface area contributed by atoms with Gasteiger partial charge in [-0.15, -0.1) is 0 Å². The van der Waals surface area contributed by atoms with E-state index in [9.17, 15) is 13.9 Å². The van der Waals surface area contributed by atoms with E-state index in [-0.39, 0.29) is 6.61 Å². The Morgan fingerprint density at radius 2 is 1.83 bits per heavy atom. The maximum atomic E-state index is 10.8. The Labute approximate surface area is 70.8 Å². The second kappa shape index (κ2) is 5.32. The zero-order valence-electron chi connectivity index (χ0n) is 6.44. The molecule has 2 atom stereocenters. The van der Waals surface area contributed by atoms with Gasteiger partial charge in [-0.3, -0.25) is 20.1 Å². The largest absolute Gasteiger partial charge is 0.449 e. The van der Waals surface area contributed by atoms with Gasteiger partial charge in [0.05, 0.1) is 6.61 Å². The smallest absolute Gasteiger partial charge is 0.422 e. The van der Waals surface area contributed by atoms with E-state index in [0.717, 1.165) is 0 Å². The SMILES string of the molecule is CCOC(=O)N([PH](N)=O)[PH](N)=O. The van der Waals surface area contributed by atoms with Gasteiger partial charge in [-0.1, -0.05) is 0 Å². The summed E-state index contributed by atoms with van der Waals surface area (Å²) in [6.07, 6.45) is -1.00. The van der Waals surface area contributed by atoms with Crippen LogP contribution in [0.2, 0.25) is 0 Å². The molecule has 0 aromatic rings. The van der Waals surface area contributed by atoms with Crippen molar-refractivity contribution in [2.24, 2.45) is 11.0 Å². The van der Waals surface area contributed by atoms with Crippen molar-refractivity contribution in [1.82, 2.24) is 4.44 Å². The molecule has 4 N–H and O–H groups in total. The minimum absolute atomic E-state index is 0.0830. The van der Waals surface area contributed by atoms with Crippen molar-refractivity contribution in [2.45, 2.75) is 6.92 Å². The number of nitrogens with two attached hydrogens (primary N) is 2. The Hall–Kier alpha value is -0.350. The van der Waals surface area contributed by atoms with Crippen LogP contribution in [0.5, 0.6) is 0 Å². The number of carbonyl (C=O) groups is 1. The molecule has 0 aliphatic carbocycles. The summed E-state index contributed by atoms with van der Waals surface area (Å²) < 4.78 is 26.0. The van der Waals surface area contributed by atoms with Gasteiger partial charge in [-0.2, -0.15) is 4.44 Å². The van der Waals surface area contributed by atoms with Crippen molar-refractivity contribution >= 4 is 22.3 Å². The van der Waals surface area contributed by atoms with E-state index < -0.39 is 22.3 Å². The molecule has 9 heteroatoms. The van der Waals surface area contributed by atoms with Crippen LogP contribution in [0.4, 0.5) is 4.79 Å². The highest BCUT2D eigenvalue weighted by Crippen LogP contribution is 2.33. The Balaban J connectivity index is 4.41. The molecule has 0 fully saturated rings. The van der Waals surface area contributed by atoms with Crippen LogP contribution in [-0.2, 0) is 13.9 Å². The lowest BCUT2D eigenvalue weighted by Crippen LogP contribution is -2.22. The third kappa shape index (κ3) is 3.36. The van der Waals surface area contributed by atoms with Crippen molar-refractivity contribution in [3.05, 3.63) is 0 Å². The van der Waals surface area contributed by atoms with Crippen molar-refractivity contribution in [3.63, 3.8) is 0 Å². The number of nitrogens with zero attached hydrogens (tertiary/aromatic N) is 1. The quantitative estimate of drug-likeness (QED) is 0.647. The number of hydrogen-bond donors (Lipinski definition) is 2. The van der Waals surface area contributed by atoms with E-state index in [0.29, 0.717) is 4.44 Å². The van der Waals surface area contributed by atoms with Crippen LogP contribution >= 0.6 is 16.2 Å². The molecule has 0 bridgehead atoms. The second-order valence-electron chi connectivity index (χ2n) is 1.71. The summed E-state index contributed by atoms with van der Waals surface area (Å²) in [7, 11) is -5.75. The van der Waals surface area contributed by atoms with Crippen LogP contribution in [0.25, 0.3) is 0 Å². The number of ether oxygens (including phenoxy) is 1. The van der Waals surface area contributed by atoms with Crippen molar-refractivity contribution < 1.29 is 18.7 Å². The van der Waals surface area contributed by atoms with Crippen molar-refractivity contribution in [3.8, 4) is 0 Å². The fraction of sp³-hybridized carbons (Fsp3) is 0.667. The minimum atomic E-state index is -2.88. The first-order valence-corrected chi connectivity index (χ1v) is 5.93. The summed E-state index contributed by atoms with van der Waals surface area (Å²) in [5, 5.41) is 0.